The van der Waals surface area contributed by atoms with Gasteiger partial charge in [-0.25, -0.2) is 0 Å². The molecule has 6 nitrogen and oxygen atoms in total. The molecule has 3 aromatic carbocycles. The van der Waals surface area contributed by atoms with Gasteiger partial charge in [-0.1, -0.05) is 79.6 Å². The van der Waals surface area contributed by atoms with Crippen LogP contribution in [0.3, 0.4) is 0 Å². The maximum absolute atomic E-state index is 13.4. The minimum absolute atomic E-state index is 0.0619. The fourth-order valence-corrected chi connectivity index (χ4v) is 4.45. The molecular weight excluding hydrogens is 466 g/mol. The van der Waals surface area contributed by atoms with E-state index >= 15 is 0 Å². The van der Waals surface area contributed by atoms with E-state index in [0.717, 1.165) is 24.0 Å². The predicted octanol–water partition coefficient (Wildman–Crippen LogP) is 6.19. The van der Waals surface area contributed by atoms with Crippen LogP contribution in [0.15, 0.2) is 78.4 Å². The number of aliphatic hydroxyl groups excluding tert-OH is 1. The zero-order valence-corrected chi connectivity index (χ0v) is 21.6. The predicted molar refractivity (Wildman–Crippen MR) is 143 cm³/mol. The average molecular weight is 500 g/mol. The molecule has 192 valence electrons. The number of unbranched alkanes of at least 4 members (excludes halogenated alkanes) is 1. The summed E-state index contributed by atoms with van der Waals surface area (Å²) >= 11 is 0. The molecule has 0 radical (unpaired) electrons. The Bertz CT molecular complexity index is 1280. The summed E-state index contributed by atoms with van der Waals surface area (Å²) in [5.41, 5.74) is 3.12. The van der Waals surface area contributed by atoms with Gasteiger partial charge in [0, 0.05) is 12.1 Å². The molecule has 6 heteroatoms. The second-order valence-corrected chi connectivity index (χ2v) is 9.12. The molecule has 37 heavy (non-hydrogen) atoms. The van der Waals surface area contributed by atoms with E-state index < -0.39 is 17.7 Å². The molecule has 1 atom stereocenters. The van der Waals surface area contributed by atoms with Gasteiger partial charge in [0.25, 0.3) is 11.7 Å². The molecule has 0 aliphatic carbocycles. The highest BCUT2D eigenvalue weighted by Crippen LogP contribution is 2.42. The molecule has 1 fully saturated rings. The number of likely N-dealkylation sites (tertiary alicyclic amines) is 1. The van der Waals surface area contributed by atoms with Gasteiger partial charge >= 0.3 is 0 Å². The lowest BCUT2D eigenvalue weighted by Crippen LogP contribution is -2.29. The Morgan fingerprint density at radius 3 is 2.32 bits per heavy atom. The van der Waals surface area contributed by atoms with Crippen molar-refractivity contribution >= 4 is 17.4 Å². The number of nitrogens with zero attached hydrogens (tertiary/aromatic N) is 1. The van der Waals surface area contributed by atoms with Gasteiger partial charge in [-0.15, -0.1) is 0 Å². The molecule has 0 aromatic heterocycles. The third kappa shape index (κ3) is 5.69. The van der Waals surface area contributed by atoms with Gasteiger partial charge in [0.1, 0.15) is 5.76 Å². The van der Waals surface area contributed by atoms with E-state index in [1.165, 1.54) is 4.90 Å². The van der Waals surface area contributed by atoms with Gasteiger partial charge in [-0.3, -0.25) is 9.59 Å². The van der Waals surface area contributed by atoms with Crippen molar-refractivity contribution in [3.63, 3.8) is 0 Å². The van der Waals surface area contributed by atoms with Crippen LogP contribution in [0.25, 0.3) is 5.76 Å². The molecule has 1 heterocycles. The number of ketones is 1. The number of carbonyl (C=O) groups is 2. The van der Waals surface area contributed by atoms with Crippen LogP contribution in [0.2, 0.25) is 0 Å². The zero-order chi connectivity index (χ0) is 26.4. The molecule has 1 unspecified atom stereocenters. The number of ether oxygens (including phenoxy) is 2. The highest BCUT2D eigenvalue weighted by molar-refractivity contribution is 6.46. The molecule has 0 saturated carbocycles. The Labute approximate surface area is 218 Å². The Balaban J connectivity index is 1.83. The standard InChI is InChI=1S/C31H33NO5/c1-4-6-18-37-25-17-16-24(19-26(25)36-5-2)28-27(29(33)23-14-12-21(3)13-15-23)30(34)31(35)32(28)20-22-10-8-7-9-11-22/h7-17,19,28,33H,4-6,18,20H2,1-3H3. The number of amides is 1. The Hall–Kier alpha value is -4.06. The van der Waals surface area contributed by atoms with Crippen molar-refractivity contribution in [2.45, 2.75) is 46.2 Å². The van der Waals surface area contributed by atoms with Crippen LogP contribution in [0.4, 0.5) is 0 Å². The molecule has 4 rings (SSSR count). The van der Waals surface area contributed by atoms with E-state index in [1.807, 2.05) is 74.5 Å². The normalized spacial score (nSPS) is 16.7. The van der Waals surface area contributed by atoms with E-state index in [-0.39, 0.29) is 17.9 Å². The lowest BCUT2D eigenvalue weighted by Gasteiger charge is -2.26. The van der Waals surface area contributed by atoms with Crippen molar-refractivity contribution in [2.24, 2.45) is 0 Å². The Kier molecular flexibility index (Phi) is 8.29. The molecular formula is C31H33NO5. The second kappa shape index (κ2) is 11.8. The van der Waals surface area contributed by atoms with Gasteiger partial charge < -0.3 is 19.5 Å². The number of carbonyl (C=O) groups excluding carboxylic acids is 2. The fraction of sp³-hybridized carbons (Fsp3) is 0.290. The number of benzene rings is 3. The molecule has 1 aliphatic rings. The summed E-state index contributed by atoms with van der Waals surface area (Å²) in [7, 11) is 0. The van der Waals surface area contributed by atoms with Crippen LogP contribution in [-0.4, -0.2) is 34.9 Å². The molecule has 1 amide bonds. The van der Waals surface area contributed by atoms with Crippen molar-refractivity contribution in [3.05, 3.63) is 101 Å². The molecule has 1 N–H and O–H groups in total. The molecule has 3 aromatic rings. The van der Waals surface area contributed by atoms with Crippen molar-refractivity contribution in [1.82, 2.24) is 4.90 Å². The third-order valence-electron chi connectivity index (χ3n) is 6.40. The van der Waals surface area contributed by atoms with Crippen molar-refractivity contribution in [1.29, 1.82) is 0 Å². The first-order valence-corrected chi connectivity index (χ1v) is 12.7. The van der Waals surface area contributed by atoms with Gasteiger partial charge in [0.05, 0.1) is 24.8 Å². The van der Waals surface area contributed by atoms with Crippen LogP contribution >= 0.6 is 0 Å². The van der Waals surface area contributed by atoms with Crippen molar-refractivity contribution in [2.75, 3.05) is 13.2 Å². The molecule has 0 spiro atoms. The van der Waals surface area contributed by atoms with E-state index in [4.69, 9.17) is 9.47 Å². The van der Waals surface area contributed by atoms with Gasteiger partial charge in [-0.2, -0.15) is 0 Å². The molecule has 0 bridgehead atoms. The van der Waals surface area contributed by atoms with Crippen LogP contribution in [-0.2, 0) is 16.1 Å². The van der Waals surface area contributed by atoms with E-state index in [9.17, 15) is 14.7 Å². The maximum Gasteiger partial charge on any atom is 0.295 e. The lowest BCUT2D eigenvalue weighted by atomic mass is 9.94. The van der Waals surface area contributed by atoms with Crippen LogP contribution in [0, 0.1) is 6.92 Å². The summed E-state index contributed by atoms with van der Waals surface area (Å²) < 4.78 is 11.8. The third-order valence-corrected chi connectivity index (χ3v) is 6.40. The number of aryl methyl sites for hydroxylation is 1. The fourth-order valence-electron chi connectivity index (χ4n) is 4.45. The monoisotopic (exact) mass is 499 g/mol. The number of rotatable bonds is 10. The maximum atomic E-state index is 13.4. The average Bonchev–Trinajstić information content (AvgIpc) is 3.15. The van der Waals surface area contributed by atoms with E-state index in [2.05, 4.69) is 6.92 Å². The Morgan fingerprint density at radius 2 is 1.65 bits per heavy atom. The quantitative estimate of drug-likeness (QED) is 0.156. The summed E-state index contributed by atoms with van der Waals surface area (Å²) in [4.78, 5) is 28.2. The highest BCUT2D eigenvalue weighted by atomic mass is 16.5. The summed E-state index contributed by atoms with van der Waals surface area (Å²) in [6, 6.07) is 21.4. The van der Waals surface area contributed by atoms with Crippen molar-refractivity contribution < 1.29 is 24.2 Å². The zero-order valence-electron chi connectivity index (χ0n) is 21.6. The van der Waals surface area contributed by atoms with Crippen LogP contribution in [0.1, 0.15) is 55.0 Å². The van der Waals surface area contributed by atoms with Gasteiger partial charge in [-0.05, 0) is 43.5 Å². The van der Waals surface area contributed by atoms with E-state index in [1.54, 1.807) is 12.1 Å². The van der Waals surface area contributed by atoms with Crippen LogP contribution < -0.4 is 9.47 Å². The summed E-state index contributed by atoms with van der Waals surface area (Å²) in [6.45, 7) is 7.15. The minimum Gasteiger partial charge on any atom is -0.507 e. The molecule has 1 saturated heterocycles. The molecule has 1 aliphatic heterocycles. The summed E-state index contributed by atoms with van der Waals surface area (Å²) in [6.07, 6.45) is 1.93. The first kappa shape index (κ1) is 26.0. The number of aliphatic hydroxyl groups is 1. The smallest absolute Gasteiger partial charge is 0.295 e. The van der Waals surface area contributed by atoms with Crippen molar-refractivity contribution in [3.8, 4) is 11.5 Å². The lowest BCUT2D eigenvalue weighted by molar-refractivity contribution is -0.140. The number of Topliss-reactive ketones (excluding diaryl/α,β-unsaturated/α-hetero) is 1. The topological polar surface area (TPSA) is 76.1 Å². The largest absolute Gasteiger partial charge is 0.507 e. The van der Waals surface area contributed by atoms with Gasteiger partial charge in [0.15, 0.2) is 11.5 Å². The first-order chi connectivity index (χ1) is 17.9. The minimum atomic E-state index is -0.787. The number of hydrogen-bond acceptors (Lipinski definition) is 5. The summed E-state index contributed by atoms with van der Waals surface area (Å²) in [5, 5.41) is 11.3. The first-order valence-electron chi connectivity index (χ1n) is 12.7. The number of hydrogen-bond donors (Lipinski definition) is 1. The van der Waals surface area contributed by atoms with Gasteiger partial charge in [0.2, 0.25) is 0 Å². The SMILES string of the molecule is CCCCOc1ccc(C2C(=C(O)c3ccc(C)cc3)C(=O)C(=O)N2Cc2ccccc2)cc1OCC. The van der Waals surface area contributed by atoms with E-state index in [0.29, 0.717) is 35.8 Å². The van der Waals surface area contributed by atoms with Crippen LogP contribution in [0.5, 0.6) is 11.5 Å². The Morgan fingerprint density at radius 1 is 0.919 bits per heavy atom. The second-order valence-electron chi connectivity index (χ2n) is 9.12. The highest BCUT2D eigenvalue weighted by Gasteiger charge is 2.46. The summed E-state index contributed by atoms with van der Waals surface area (Å²) in [5.74, 6) is -0.404.